The zero-order valence-electron chi connectivity index (χ0n) is 18.1. The van der Waals surface area contributed by atoms with Gasteiger partial charge in [0.25, 0.3) is 0 Å². The molecule has 0 unspecified atom stereocenters. The van der Waals surface area contributed by atoms with Crippen molar-refractivity contribution in [3.63, 3.8) is 0 Å². The lowest BCUT2D eigenvalue weighted by molar-refractivity contribution is -0.348. The van der Waals surface area contributed by atoms with E-state index < -0.39 is 29.6 Å². The molecule has 0 spiro atoms. The van der Waals surface area contributed by atoms with Gasteiger partial charge in [-0.3, -0.25) is 0 Å². The van der Waals surface area contributed by atoms with Gasteiger partial charge in [-0.2, -0.15) is 31.4 Å². The summed E-state index contributed by atoms with van der Waals surface area (Å²) >= 11 is 5.76. The minimum atomic E-state index is -6.23. The van der Waals surface area contributed by atoms with E-state index in [0.717, 1.165) is 0 Å². The molecular formula is C22H17ClF7N3O2. The molecule has 35 heavy (non-hydrogen) atoms. The van der Waals surface area contributed by atoms with E-state index in [-0.39, 0.29) is 39.5 Å². The van der Waals surface area contributed by atoms with Crippen LogP contribution in [0.1, 0.15) is 40.4 Å². The van der Waals surface area contributed by atoms with Crippen LogP contribution in [-0.4, -0.2) is 38.2 Å². The van der Waals surface area contributed by atoms with Crippen LogP contribution in [0.4, 0.5) is 30.7 Å². The second-order valence-corrected chi connectivity index (χ2v) is 8.10. The number of hydrogen-bond donors (Lipinski definition) is 1. The van der Waals surface area contributed by atoms with E-state index in [1.165, 1.54) is 36.3 Å². The van der Waals surface area contributed by atoms with Gasteiger partial charge in [0, 0.05) is 17.3 Å². The maximum atomic E-state index is 14.7. The number of hydrogen-bond acceptors (Lipinski definition) is 3. The van der Waals surface area contributed by atoms with Gasteiger partial charge >= 0.3 is 24.0 Å². The maximum absolute atomic E-state index is 14.7. The Hall–Kier alpha value is -3.15. The molecule has 3 aromatic rings. The molecule has 2 heterocycles. The van der Waals surface area contributed by atoms with Gasteiger partial charge in [-0.15, -0.1) is 0 Å². The zero-order chi connectivity index (χ0) is 26.3. The van der Waals surface area contributed by atoms with Gasteiger partial charge in [0.05, 0.1) is 23.6 Å². The smallest absolute Gasteiger partial charge is 0.435 e. The molecule has 0 saturated heterocycles. The quantitative estimate of drug-likeness (QED) is 0.284. The molecule has 0 aliphatic rings. The third-order valence-corrected chi connectivity index (χ3v) is 5.61. The molecular weight excluding hydrogens is 507 g/mol. The van der Waals surface area contributed by atoms with Gasteiger partial charge in [-0.05, 0) is 36.1 Å². The highest BCUT2D eigenvalue weighted by atomic mass is 35.5. The molecule has 1 aromatic carbocycles. The van der Waals surface area contributed by atoms with Gasteiger partial charge < -0.3 is 5.11 Å². The lowest BCUT2D eigenvalue weighted by atomic mass is 9.86. The summed E-state index contributed by atoms with van der Waals surface area (Å²) < 4.78 is 95.7. The topological polar surface area (TPSA) is 68.0 Å². The first-order chi connectivity index (χ1) is 16.1. The van der Waals surface area contributed by atoms with E-state index in [1.54, 1.807) is 6.92 Å². The van der Waals surface area contributed by atoms with E-state index in [9.17, 15) is 40.6 Å². The summed E-state index contributed by atoms with van der Waals surface area (Å²) in [6, 6.07) is 2.30. The molecule has 0 fully saturated rings. The van der Waals surface area contributed by atoms with Crippen molar-refractivity contribution in [1.82, 2.24) is 14.8 Å². The van der Waals surface area contributed by atoms with Crippen molar-refractivity contribution in [2.24, 2.45) is 0 Å². The number of alkyl halides is 7. The first kappa shape index (κ1) is 26.5. The van der Waals surface area contributed by atoms with E-state index in [2.05, 4.69) is 10.1 Å². The average molecular weight is 524 g/mol. The summed E-state index contributed by atoms with van der Waals surface area (Å²) in [7, 11) is 0. The molecule has 0 bridgehead atoms. The number of carboxylic acids is 1. The summed E-state index contributed by atoms with van der Waals surface area (Å²) in [5.74, 6) is -1.34. The number of carbonyl (C=O) groups is 1. The third kappa shape index (κ3) is 4.71. The highest BCUT2D eigenvalue weighted by Gasteiger charge is 2.73. The number of aromatic nitrogens is 3. The Balaban J connectivity index is 2.17. The fourth-order valence-electron chi connectivity index (χ4n) is 3.73. The summed E-state index contributed by atoms with van der Waals surface area (Å²) in [5.41, 5.74) is -6.56. The fourth-order valence-corrected chi connectivity index (χ4v) is 3.92. The SMILES string of the molecule is CCCc1cc(C(F)(C(F)(F)F)C(F)(F)F)cc(C)c1-c1cnn(-c2cnc(Cl)c(C(=O)O)c2)c1. The predicted molar refractivity (Wildman–Crippen MR) is 112 cm³/mol. The van der Waals surface area contributed by atoms with Gasteiger partial charge in [0.15, 0.2) is 0 Å². The van der Waals surface area contributed by atoms with Crippen LogP contribution < -0.4 is 0 Å². The number of aryl methyl sites for hydroxylation is 2. The van der Waals surface area contributed by atoms with Gasteiger partial charge in [-0.1, -0.05) is 37.1 Å². The van der Waals surface area contributed by atoms with Crippen LogP contribution in [0, 0.1) is 6.92 Å². The minimum Gasteiger partial charge on any atom is -0.478 e. The number of carboxylic acid groups (broad SMARTS) is 1. The van der Waals surface area contributed by atoms with Crippen LogP contribution >= 0.6 is 11.6 Å². The maximum Gasteiger partial charge on any atom is 0.435 e. The van der Waals surface area contributed by atoms with Gasteiger partial charge in [0.2, 0.25) is 0 Å². The monoisotopic (exact) mass is 523 g/mol. The third-order valence-electron chi connectivity index (χ3n) is 5.31. The molecule has 5 nitrogen and oxygen atoms in total. The van der Waals surface area contributed by atoms with Crippen LogP contribution in [0.25, 0.3) is 16.8 Å². The number of pyridine rings is 1. The molecule has 1 N–H and O–H groups in total. The highest BCUT2D eigenvalue weighted by molar-refractivity contribution is 6.32. The molecule has 13 heteroatoms. The molecule has 0 radical (unpaired) electrons. The standard InChI is InChI=1S/C22H17ClF7N3O2/c1-3-4-12-6-14(20(24,21(25,26)27)22(28,29)30)5-11(2)17(12)13-8-32-33(10-13)15-7-16(19(34)35)18(23)31-9-15/h5-10H,3-4H2,1-2H3,(H,34,35). The molecule has 2 aromatic heterocycles. The van der Waals surface area contributed by atoms with E-state index in [4.69, 9.17) is 11.6 Å². The summed E-state index contributed by atoms with van der Waals surface area (Å²) in [6.07, 6.45) is -8.11. The van der Waals surface area contributed by atoms with Gasteiger partial charge in [0.1, 0.15) is 5.15 Å². The molecule has 0 saturated carbocycles. The van der Waals surface area contributed by atoms with Crippen LogP contribution in [-0.2, 0) is 12.1 Å². The average Bonchev–Trinajstić information content (AvgIpc) is 3.21. The van der Waals surface area contributed by atoms with Crippen molar-refractivity contribution in [1.29, 1.82) is 0 Å². The Morgan fingerprint density at radius 1 is 1.06 bits per heavy atom. The molecule has 0 aliphatic carbocycles. The van der Waals surface area contributed by atoms with Crippen LogP contribution in [0.5, 0.6) is 0 Å². The number of nitrogens with zero attached hydrogens (tertiary/aromatic N) is 3. The van der Waals surface area contributed by atoms with Gasteiger partial charge in [-0.25, -0.2) is 18.9 Å². The largest absolute Gasteiger partial charge is 0.478 e. The molecule has 188 valence electrons. The Labute approximate surface area is 199 Å². The first-order valence-corrected chi connectivity index (χ1v) is 10.4. The summed E-state index contributed by atoms with van der Waals surface area (Å²) in [6.45, 7) is 2.94. The van der Waals surface area contributed by atoms with Crippen LogP contribution in [0.3, 0.4) is 0 Å². The number of benzene rings is 1. The van der Waals surface area contributed by atoms with Crippen LogP contribution in [0.2, 0.25) is 5.15 Å². The van der Waals surface area contributed by atoms with Crippen molar-refractivity contribution in [2.45, 2.75) is 44.7 Å². The van der Waals surface area contributed by atoms with Crippen molar-refractivity contribution in [3.05, 3.63) is 64.2 Å². The lowest BCUT2D eigenvalue weighted by Crippen LogP contribution is -2.50. The van der Waals surface area contributed by atoms with Crippen molar-refractivity contribution in [3.8, 4) is 16.8 Å². The van der Waals surface area contributed by atoms with Crippen LogP contribution in [0.15, 0.2) is 36.8 Å². The van der Waals surface area contributed by atoms with Crippen molar-refractivity contribution in [2.75, 3.05) is 0 Å². The Bertz CT molecular complexity index is 1250. The van der Waals surface area contributed by atoms with E-state index in [0.29, 0.717) is 24.1 Å². The van der Waals surface area contributed by atoms with E-state index in [1.807, 2.05) is 0 Å². The number of aromatic carboxylic acids is 1. The molecule has 0 amide bonds. The molecule has 0 atom stereocenters. The van der Waals surface area contributed by atoms with Crippen molar-refractivity contribution < 1.29 is 40.6 Å². The lowest BCUT2D eigenvalue weighted by Gasteiger charge is -2.31. The normalized spacial score (nSPS) is 12.7. The first-order valence-electron chi connectivity index (χ1n) is 10.0. The van der Waals surface area contributed by atoms with E-state index >= 15 is 0 Å². The zero-order valence-corrected chi connectivity index (χ0v) is 18.9. The second-order valence-electron chi connectivity index (χ2n) is 7.74. The Morgan fingerprint density at radius 3 is 2.23 bits per heavy atom. The molecule has 3 rings (SSSR count). The minimum absolute atomic E-state index is 0.0264. The number of rotatable bonds is 6. The Kier molecular flexibility index (Phi) is 6.91. The number of halogens is 8. The summed E-state index contributed by atoms with van der Waals surface area (Å²) in [5, 5.41) is 13.0. The Morgan fingerprint density at radius 2 is 1.69 bits per heavy atom. The molecule has 0 aliphatic heterocycles. The van der Waals surface area contributed by atoms with Crippen molar-refractivity contribution >= 4 is 17.6 Å². The second kappa shape index (κ2) is 9.14. The highest BCUT2D eigenvalue weighted by Crippen LogP contribution is 2.54. The predicted octanol–water partition coefficient (Wildman–Crippen LogP) is 6.84. The summed E-state index contributed by atoms with van der Waals surface area (Å²) in [4.78, 5) is 15.1. The fraction of sp³-hybridized carbons (Fsp3) is 0.318.